The van der Waals surface area contributed by atoms with E-state index in [9.17, 15) is 9.59 Å². The number of nitrogens with two attached hydrogens (primary N) is 1. The number of hydrogen-bond donors (Lipinski definition) is 1. The number of Topliss-reactive ketones (excluding diaryl/α,β-unsaturated/α-hetero) is 1. The van der Waals surface area contributed by atoms with Crippen molar-refractivity contribution in [3.63, 3.8) is 0 Å². The smallest absolute Gasteiger partial charge is 0.338 e. The molecule has 2 aromatic rings. The van der Waals surface area contributed by atoms with Crippen LogP contribution in [0.25, 0.3) is 0 Å². The van der Waals surface area contributed by atoms with Crippen LogP contribution in [0.5, 0.6) is 5.75 Å². The molecule has 2 N–H and O–H groups in total. The SMILES string of the molecule is CCOC(=O)C1=C(N)N(c2ccc(OC)cc2)C2=C(C(=O)CC(C)(C)C2)[C@@H]1c1ccc(Br)cc1. The number of allylic oxidation sites excluding steroid dienone is 2. The van der Waals surface area contributed by atoms with Crippen molar-refractivity contribution < 1.29 is 19.1 Å². The van der Waals surface area contributed by atoms with Gasteiger partial charge in [-0.2, -0.15) is 0 Å². The maximum absolute atomic E-state index is 13.7. The van der Waals surface area contributed by atoms with E-state index < -0.39 is 11.9 Å². The Bertz CT molecular complexity index is 1180. The van der Waals surface area contributed by atoms with E-state index in [1.807, 2.05) is 53.4 Å². The summed E-state index contributed by atoms with van der Waals surface area (Å²) in [5.41, 5.74) is 9.83. The molecule has 0 saturated carbocycles. The summed E-state index contributed by atoms with van der Waals surface area (Å²) < 4.78 is 11.7. The first kappa shape index (κ1) is 24.1. The van der Waals surface area contributed by atoms with Crippen molar-refractivity contribution in [2.45, 2.75) is 39.5 Å². The van der Waals surface area contributed by atoms with Gasteiger partial charge >= 0.3 is 5.97 Å². The van der Waals surface area contributed by atoms with Crippen molar-refractivity contribution >= 4 is 33.4 Å². The molecule has 1 heterocycles. The number of ketones is 1. The summed E-state index contributed by atoms with van der Waals surface area (Å²) in [6.07, 6.45) is 1.04. The first-order chi connectivity index (χ1) is 16.2. The molecule has 0 saturated heterocycles. The lowest BCUT2D eigenvalue weighted by molar-refractivity contribution is -0.138. The Morgan fingerprint density at radius 1 is 1.12 bits per heavy atom. The highest BCUT2D eigenvalue weighted by molar-refractivity contribution is 9.10. The number of halogens is 1. The highest BCUT2D eigenvalue weighted by atomic mass is 79.9. The van der Waals surface area contributed by atoms with Crippen LogP contribution in [-0.2, 0) is 14.3 Å². The average molecular weight is 525 g/mol. The number of esters is 1. The molecule has 4 rings (SSSR count). The minimum absolute atomic E-state index is 0.0204. The number of nitrogens with zero attached hydrogens (tertiary/aromatic N) is 1. The van der Waals surface area contributed by atoms with Gasteiger partial charge in [-0.05, 0) is 60.7 Å². The number of rotatable bonds is 5. The molecule has 7 heteroatoms. The molecule has 2 aliphatic rings. The Labute approximate surface area is 208 Å². The average Bonchev–Trinajstić information content (AvgIpc) is 2.78. The first-order valence-electron chi connectivity index (χ1n) is 11.3. The van der Waals surface area contributed by atoms with Crippen LogP contribution in [0, 0.1) is 5.41 Å². The summed E-state index contributed by atoms with van der Waals surface area (Å²) in [5, 5.41) is 0. The molecule has 34 heavy (non-hydrogen) atoms. The van der Waals surface area contributed by atoms with Gasteiger partial charge in [-0.1, -0.05) is 41.9 Å². The van der Waals surface area contributed by atoms with Gasteiger partial charge in [0.2, 0.25) is 0 Å². The normalized spacial score (nSPS) is 19.7. The van der Waals surface area contributed by atoms with E-state index >= 15 is 0 Å². The largest absolute Gasteiger partial charge is 0.497 e. The maximum Gasteiger partial charge on any atom is 0.338 e. The molecule has 0 amide bonds. The predicted octanol–water partition coefficient (Wildman–Crippen LogP) is 5.44. The second-order valence-corrected chi connectivity index (χ2v) is 10.3. The Kier molecular flexibility index (Phi) is 6.58. The number of carbonyl (C=O) groups is 2. The molecule has 0 radical (unpaired) electrons. The van der Waals surface area contributed by atoms with E-state index in [1.54, 1.807) is 14.0 Å². The number of hydrogen-bond acceptors (Lipinski definition) is 6. The van der Waals surface area contributed by atoms with Crippen LogP contribution in [0.2, 0.25) is 0 Å². The minimum Gasteiger partial charge on any atom is -0.497 e. The van der Waals surface area contributed by atoms with Crippen molar-refractivity contribution in [1.29, 1.82) is 0 Å². The molecule has 1 aliphatic carbocycles. The van der Waals surface area contributed by atoms with Gasteiger partial charge in [0.15, 0.2) is 5.78 Å². The van der Waals surface area contributed by atoms with Gasteiger partial charge in [0.05, 0.1) is 25.2 Å². The molecular formula is C27H29BrN2O4. The van der Waals surface area contributed by atoms with E-state index in [2.05, 4.69) is 29.8 Å². The van der Waals surface area contributed by atoms with Crippen LogP contribution in [0.1, 0.15) is 45.1 Å². The summed E-state index contributed by atoms with van der Waals surface area (Å²) in [7, 11) is 1.61. The highest BCUT2D eigenvalue weighted by Gasteiger charge is 2.46. The molecule has 0 unspecified atom stereocenters. The first-order valence-corrected chi connectivity index (χ1v) is 12.1. The van der Waals surface area contributed by atoms with E-state index in [-0.39, 0.29) is 29.2 Å². The van der Waals surface area contributed by atoms with Gasteiger partial charge in [0.25, 0.3) is 0 Å². The van der Waals surface area contributed by atoms with Gasteiger partial charge in [-0.15, -0.1) is 0 Å². The van der Waals surface area contributed by atoms with Crippen molar-refractivity contribution in [3.05, 3.63) is 81.2 Å². The van der Waals surface area contributed by atoms with Gasteiger partial charge in [-0.3, -0.25) is 9.69 Å². The van der Waals surface area contributed by atoms with E-state index in [4.69, 9.17) is 15.2 Å². The number of benzene rings is 2. The molecule has 0 spiro atoms. The van der Waals surface area contributed by atoms with Crippen LogP contribution in [0.15, 0.2) is 75.7 Å². The lowest BCUT2D eigenvalue weighted by Gasteiger charge is -2.44. The fourth-order valence-electron chi connectivity index (χ4n) is 4.83. The third-order valence-electron chi connectivity index (χ3n) is 6.29. The van der Waals surface area contributed by atoms with E-state index in [1.165, 1.54) is 0 Å². The Morgan fingerprint density at radius 3 is 2.35 bits per heavy atom. The zero-order valence-electron chi connectivity index (χ0n) is 19.9. The fourth-order valence-corrected chi connectivity index (χ4v) is 5.10. The summed E-state index contributed by atoms with van der Waals surface area (Å²) in [6, 6.07) is 15.1. The van der Waals surface area contributed by atoms with Crippen LogP contribution >= 0.6 is 15.9 Å². The van der Waals surface area contributed by atoms with Gasteiger partial charge in [0.1, 0.15) is 11.6 Å². The molecular weight excluding hydrogens is 496 g/mol. The van der Waals surface area contributed by atoms with E-state index in [0.717, 1.165) is 21.4 Å². The third-order valence-corrected chi connectivity index (χ3v) is 6.82. The number of carbonyl (C=O) groups excluding carboxylic acids is 2. The number of anilines is 1. The quantitative estimate of drug-likeness (QED) is 0.524. The monoisotopic (exact) mass is 524 g/mol. The molecule has 0 aromatic heterocycles. The van der Waals surface area contributed by atoms with Crippen LogP contribution in [-0.4, -0.2) is 25.5 Å². The zero-order valence-corrected chi connectivity index (χ0v) is 21.4. The Hall–Kier alpha value is -3.06. The summed E-state index contributed by atoms with van der Waals surface area (Å²) in [6.45, 7) is 6.12. The molecule has 0 bridgehead atoms. The van der Waals surface area contributed by atoms with Gasteiger partial charge < -0.3 is 15.2 Å². The second kappa shape index (κ2) is 9.29. The maximum atomic E-state index is 13.7. The predicted molar refractivity (Wildman–Crippen MR) is 135 cm³/mol. The van der Waals surface area contributed by atoms with Gasteiger partial charge in [-0.25, -0.2) is 4.79 Å². The summed E-state index contributed by atoms with van der Waals surface area (Å²) >= 11 is 3.47. The molecule has 1 aliphatic heterocycles. The topological polar surface area (TPSA) is 81.9 Å². The van der Waals surface area contributed by atoms with Crippen LogP contribution < -0.4 is 15.4 Å². The number of methoxy groups -OCH3 is 1. The lowest BCUT2D eigenvalue weighted by atomic mass is 9.68. The zero-order chi connectivity index (χ0) is 24.6. The molecule has 2 aromatic carbocycles. The van der Waals surface area contributed by atoms with Crippen LogP contribution in [0.4, 0.5) is 5.69 Å². The highest BCUT2D eigenvalue weighted by Crippen LogP contribution is 2.50. The van der Waals surface area contributed by atoms with Gasteiger partial charge in [0, 0.05) is 27.9 Å². The molecule has 178 valence electrons. The second-order valence-electron chi connectivity index (χ2n) is 9.34. The standard InChI is InChI=1S/C27H29BrN2O4/c1-5-34-26(32)24-22(16-6-8-17(28)9-7-16)23-20(14-27(2,3)15-21(23)31)30(25(24)29)18-10-12-19(33-4)13-11-18/h6-13,22H,5,14-15,29H2,1-4H3/t22-/m0/s1. The van der Waals surface area contributed by atoms with Crippen molar-refractivity contribution in [2.24, 2.45) is 11.1 Å². The van der Waals surface area contributed by atoms with Crippen molar-refractivity contribution in [1.82, 2.24) is 0 Å². The molecule has 6 nitrogen and oxygen atoms in total. The third kappa shape index (κ3) is 4.37. The Morgan fingerprint density at radius 2 is 1.76 bits per heavy atom. The summed E-state index contributed by atoms with van der Waals surface area (Å²) in [4.78, 5) is 28.8. The van der Waals surface area contributed by atoms with Crippen LogP contribution in [0.3, 0.4) is 0 Å². The number of ether oxygens (including phenoxy) is 2. The lowest BCUT2D eigenvalue weighted by Crippen LogP contribution is -2.43. The van der Waals surface area contributed by atoms with E-state index in [0.29, 0.717) is 24.2 Å². The Balaban J connectivity index is 2.00. The van der Waals surface area contributed by atoms with Crippen molar-refractivity contribution in [3.8, 4) is 5.75 Å². The molecule has 0 fully saturated rings. The van der Waals surface area contributed by atoms with Crippen molar-refractivity contribution in [2.75, 3.05) is 18.6 Å². The fraction of sp³-hybridized carbons (Fsp3) is 0.333. The molecule has 1 atom stereocenters. The minimum atomic E-state index is -0.597. The summed E-state index contributed by atoms with van der Waals surface area (Å²) in [5.74, 6) is -0.112.